The summed E-state index contributed by atoms with van der Waals surface area (Å²) in [7, 11) is 0. The van der Waals surface area contributed by atoms with Crippen molar-refractivity contribution in [1.29, 1.82) is 5.26 Å². The van der Waals surface area contributed by atoms with E-state index in [0.29, 0.717) is 18.8 Å². The van der Waals surface area contributed by atoms with E-state index in [1.165, 1.54) is 12.8 Å². The molecule has 0 saturated heterocycles. The second-order valence-corrected chi connectivity index (χ2v) is 2.84. The highest BCUT2D eigenvalue weighted by atomic mass is 16.1. The number of carbonyl (C=O) groups excluding carboxylic acids is 1. The number of ketones is 1. The molecular weight excluding hydrogens is 126 g/mol. The number of rotatable bonds is 4. The van der Waals surface area contributed by atoms with Crippen molar-refractivity contribution < 1.29 is 4.79 Å². The van der Waals surface area contributed by atoms with E-state index in [-0.39, 0.29) is 5.78 Å². The van der Waals surface area contributed by atoms with Crippen molar-refractivity contribution in [3.05, 3.63) is 0 Å². The second kappa shape index (κ2) is 3.36. The lowest BCUT2D eigenvalue weighted by Gasteiger charge is -1.92. The van der Waals surface area contributed by atoms with Gasteiger partial charge in [0.25, 0.3) is 0 Å². The zero-order valence-corrected chi connectivity index (χ0v) is 5.97. The molecule has 2 heteroatoms. The molecule has 1 aliphatic carbocycles. The number of hydrogen-bond donors (Lipinski definition) is 0. The van der Waals surface area contributed by atoms with E-state index in [1.807, 2.05) is 6.07 Å². The Hall–Kier alpha value is -0.840. The molecule has 1 aliphatic rings. The lowest BCUT2D eigenvalue weighted by molar-refractivity contribution is -0.119. The van der Waals surface area contributed by atoms with E-state index >= 15 is 0 Å². The molecule has 1 saturated carbocycles. The third-order valence-corrected chi connectivity index (χ3v) is 1.73. The van der Waals surface area contributed by atoms with Gasteiger partial charge in [0, 0.05) is 19.3 Å². The third-order valence-electron chi connectivity index (χ3n) is 1.73. The summed E-state index contributed by atoms with van der Waals surface area (Å²) in [6, 6.07) is 1.97. The molecule has 0 N–H and O–H groups in total. The lowest BCUT2D eigenvalue weighted by Crippen LogP contribution is -1.97. The Bertz CT molecular complexity index is 165. The number of Topliss-reactive ketones (excluding diaryl/α,β-unsaturated/α-hetero) is 1. The first-order valence-electron chi connectivity index (χ1n) is 3.71. The fourth-order valence-electron chi connectivity index (χ4n) is 0.941. The normalized spacial score (nSPS) is 16.3. The van der Waals surface area contributed by atoms with Crippen LogP contribution >= 0.6 is 0 Å². The first-order valence-corrected chi connectivity index (χ1v) is 3.71. The van der Waals surface area contributed by atoms with Gasteiger partial charge in [0.2, 0.25) is 0 Å². The highest BCUT2D eigenvalue weighted by molar-refractivity contribution is 5.79. The van der Waals surface area contributed by atoms with Gasteiger partial charge in [-0.15, -0.1) is 0 Å². The minimum absolute atomic E-state index is 0.268. The van der Waals surface area contributed by atoms with E-state index < -0.39 is 0 Å². The molecule has 0 heterocycles. The van der Waals surface area contributed by atoms with Crippen LogP contribution in [-0.2, 0) is 4.79 Å². The van der Waals surface area contributed by atoms with E-state index in [1.54, 1.807) is 0 Å². The largest absolute Gasteiger partial charge is 0.300 e. The molecule has 0 aliphatic heterocycles. The highest BCUT2D eigenvalue weighted by Crippen LogP contribution is 2.32. The van der Waals surface area contributed by atoms with Crippen LogP contribution in [0.4, 0.5) is 0 Å². The Kier molecular flexibility index (Phi) is 2.44. The number of carbonyl (C=O) groups is 1. The Morgan fingerprint density at radius 2 is 2.30 bits per heavy atom. The summed E-state index contributed by atoms with van der Waals surface area (Å²) in [4.78, 5) is 10.9. The van der Waals surface area contributed by atoms with E-state index in [9.17, 15) is 4.79 Å². The van der Waals surface area contributed by atoms with Crippen molar-refractivity contribution in [1.82, 2.24) is 0 Å². The van der Waals surface area contributed by atoms with Crippen LogP contribution in [0.2, 0.25) is 0 Å². The quantitative estimate of drug-likeness (QED) is 0.591. The van der Waals surface area contributed by atoms with Gasteiger partial charge in [-0.2, -0.15) is 5.26 Å². The van der Waals surface area contributed by atoms with Gasteiger partial charge in [-0.1, -0.05) is 0 Å². The predicted octanol–water partition coefficient (Wildman–Crippen LogP) is 1.66. The van der Waals surface area contributed by atoms with Crippen LogP contribution in [0.5, 0.6) is 0 Å². The molecule has 1 rings (SSSR count). The molecule has 0 unspecified atom stereocenters. The number of nitriles is 1. The summed E-state index contributed by atoms with van der Waals surface area (Å²) in [5, 5.41) is 8.16. The lowest BCUT2D eigenvalue weighted by atomic mass is 10.1. The van der Waals surface area contributed by atoms with E-state index in [0.717, 1.165) is 6.42 Å². The number of hydrogen-bond acceptors (Lipinski definition) is 2. The Morgan fingerprint density at radius 3 is 2.80 bits per heavy atom. The van der Waals surface area contributed by atoms with Gasteiger partial charge in [0.15, 0.2) is 0 Å². The van der Waals surface area contributed by atoms with Gasteiger partial charge in [-0.3, -0.25) is 4.79 Å². The van der Waals surface area contributed by atoms with Gasteiger partial charge >= 0.3 is 0 Å². The third kappa shape index (κ3) is 2.63. The zero-order valence-electron chi connectivity index (χ0n) is 5.97. The van der Waals surface area contributed by atoms with Crippen molar-refractivity contribution in [3.8, 4) is 6.07 Å². The molecule has 2 nitrogen and oxygen atoms in total. The Balaban J connectivity index is 2.03. The Labute approximate surface area is 60.8 Å². The summed E-state index contributed by atoms with van der Waals surface area (Å²) in [6.45, 7) is 0. The molecule has 0 radical (unpaired) electrons. The highest BCUT2D eigenvalue weighted by Gasteiger charge is 2.23. The molecular formula is C8H11NO. The van der Waals surface area contributed by atoms with E-state index in [2.05, 4.69) is 0 Å². The maximum absolute atomic E-state index is 10.9. The zero-order chi connectivity index (χ0) is 7.40. The summed E-state index contributed by atoms with van der Waals surface area (Å²) in [5.74, 6) is 0.940. The standard InChI is InChI=1S/C8H11NO/c9-5-1-2-8(10)6-7-3-4-7/h7H,1-4,6H2. The minimum atomic E-state index is 0.268. The molecule has 0 spiro atoms. The van der Waals surface area contributed by atoms with Crippen molar-refractivity contribution in [2.45, 2.75) is 32.1 Å². The molecule has 54 valence electrons. The molecule has 0 aromatic carbocycles. The maximum Gasteiger partial charge on any atom is 0.134 e. The molecule has 0 aromatic heterocycles. The molecule has 0 amide bonds. The van der Waals surface area contributed by atoms with E-state index in [4.69, 9.17) is 5.26 Å². The van der Waals surface area contributed by atoms with Gasteiger partial charge in [0.05, 0.1) is 6.07 Å². The molecule has 0 atom stereocenters. The van der Waals surface area contributed by atoms with Crippen molar-refractivity contribution in [3.63, 3.8) is 0 Å². The van der Waals surface area contributed by atoms with Crippen LogP contribution in [0.15, 0.2) is 0 Å². The monoisotopic (exact) mass is 137 g/mol. The van der Waals surface area contributed by atoms with Gasteiger partial charge in [-0.25, -0.2) is 0 Å². The van der Waals surface area contributed by atoms with Crippen molar-refractivity contribution in [2.75, 3.05) is 0 Å². The summed E-state index contributed by atoms with van der Waals surface area (Å²) in [6.07, 6.45) is 4.02. The molecule has 1 fully saturated rings. The average molecular weight is 137 g/mol. The van der Waals surface area contributed by atoms with Crippen LogP contribution in [-0.4, -0.2) is 5.78 Å². The van der Waals surface area contributed by atoms with Crippen molar-refractivity contribution >= 4 is 5.78 Å². The first-order chi connectivity index (χ1) is 4.83. The Morgan fingerprint density at radius 1 is 1.60 bits per heavy atom. The predicted molar refractivity (Wildman–Crippen MR) is 37.2 cm³/mol. The van der Waals surface area contributed by atoms with Crippen LogP contribution < -0.4 is 0 Å². The van der Waals surface area contributed by atoms with Crippen LogP contribution in [0.3, 0.4) is 0 Å². The number of nitrogens with zero attached hydrogens (tertiary/aromatic N) is 1. The summed E-state index contributed by atoms with van der Waals surface area (Å²) >= 11 is 0. The smallest absolute Gasteiger partial charge is 0.134 e. The van der Waals surface area contributed by atoms with Gasteiger partial charge < -0.3 is 0 Å². The maximum atomic E-state index is 10.9. The van der Waals surface area contributed by atoms with Crippen LogP contribution in [0.1, 0.15) is 32.1 Å². The SMILES string of the molecule is N#CCCC(=O)CC1CC1. The minimum Gasteiger partial charge on any atom is -0.300 e. The van der Waals surface area contributed by atoms with Crippen LogP contribution in [0.25, 0.3) is 0 Å². The second-order valence-electron chi connectivity index (χ2n) is 2.84. The average Bonchev–Trinajstić information content (AvgIpc) is 2.67. The fraction of sp³-hybridized carbons (Fsp3) is 0.750. The first kappa shape index (κ1) is 7.27. The topological polar surface area (TPSA) is 40.9 Å². The van der Waals surface area contributed by atoms with Gasteiger partial charge in [0.1, 0.15) is 5.78 Å². The van der Waals surface area contributed by atoms with Gasteiger partial charge in [-0.05, 0) is 18.8 Å². The molecule has 0 bridgehead atoms. The molecule has 0 aromatic rings. The summed E-state index contributed by atoms with van der Waals surface area (Å²) < 4.78 is 0. The van der Waals surface area contributed by atoms with Crippen molar-refractivity contribution in [2.24, 2.45) is 5.92 Å². The summed E-state index contributed by atoms with van der Waals surface area (Å²) in [5.41, 5.74) is 0. The fourth-order valence-corrected chi connectivity index (χ4v) is 0.941. The molecule has 10 heavy (non-hydrogen) atoms. The van der Waals surface area contributed by atoms with Crippen LogP contribution in [0, 0.1) is 17.2 Å².